The zero-order valence-corrected chi connectivity index (χ0v) is 11.2. The third-order valence-electron chi connectivity index (χ3n) is 3.37. The number of nitrogens with two attached hydrogens (primary N) is 1. The smallest absolute Gasteiger partial charge is 0.0992 e. The molecule has 5 nitrogen and oxygen atoms in total. The summed E-state index contributed by atoms with van der Waals surface area (Å²) >= 11 is 0. The Hall–Kier alpha value is -1.77. The number of hydrogen-bond donors (Lipinski definition) is 2. The fourth-order valence-corrected chi connectivity index (χ4v) is 2.19. The molecular formula is C14H20N4O. The number of rotatable bonds is 4. The Bertz CT molecular complexity index is 469. The highest BCUT2D eigenvalue weighted by molar-refractivity contribution is 5.68. The lowest BCUT2D eigenvalue weighted by atomic mass is 10.2. The van der Waals surface area contributed by atoms with Gasteiger partial charge in [0.2, 0.25) is 0 Å². The SMILES string of the molecule is CCN1CCOC(CNc2cc(C#N)ccc2N)C1. The van der Waals surface area contributed by atoms with E-state index < -0.39 is 0 Å². The van der Waals surface area contributed by atoms with Crippen LogP contribution in [-0.4, -0.2) is 43.8 Å². The lowest BCUT2D eigenvalue weighted by Gasteiger charge is -2.32. The van der Waals surface area contributed by atoms with Gasteiger partial charge in [0.25, 0.3) is 0 Å². The summed E-state index contributed by atoms with van der Waals surface area (Å²) in [5.74, 6) is 0. The Morgan fingerprint density at radius 2 is 2.42 bits per heavy atom. The molecule has 5 heteroatoms. The second kappa shape index (κ2) is 6.41. The van der Waals surface area contributed by atoms with Crippen molar-refractivity contribution in [3.63, 3.8) is 0 Å². The first kappa shape index (κ1) is 13.7. The molecule has 102 valence electrons. The number of hydrogen-bond acceptors (Lipinski definition) is 5. The third-order valence-corrected chi connectivity index (χ3v) is 3.37. The zero-order chi connectivity index (χ0) is 13.7. The predicted octanol–water partition coefficient (Wildman–Crippen LogP) is 1.27. The van der Waals surface area contributed by atoms with Gasteiger partial charge < -0.3 is 15.8 Å². The van der Waals surface area contributed by atoms with Crippen LogP contribution in [0, 0.1) is 11.3 Å². The molecule has 0 bridgehead atoms. The number of nitrogens with zero attached hydrogens (tertiary/aromatic N) is 2. The second-order valence-corrected chi connectivity index (χ2v) is 4.68. The van der Waals surface area contributed by atoms with Gasteiger partial charge in [-0.3, -0.25) is 4.90 Å². The topological polar surface area (TPSA) is 74.3 Å². The monoisotopic (exact) mass is 260 g/mol. The molecule has 0 spiro atoms. The van der Waals surface area contributed by atoms with E-state index in [0.29, 0.717) is 17.8 Å². The molecule has 1 aromatic carbocycles. The van der Waals surface area contributed by atoms with Gasteiger partial charge in [-0.1, -0.05) is 6.92 Å². The minimum Gasteiger partial charge on any atom is -0.397 e. The molecule has 1 aliphatic heterocycles. The summed E-state index contributed by atoms with van der Waals surface area (Å²) in [6.07, 6.45) is 0.166. The summed E-state index contributed by atoms with van der Waals surface area (Å²) in [5.41, 5.74) is 7.95. The van der Waals surface area contributed by atoms with Crippen LogP contribution >= 0.6 is 0 Å². The van der Waals surface area contributed by atoms with Gasteiger partial charge in [-0.25, -0.2) is 0 Å². The van der Waals surface area contributed by atoms with Crippen molar-refractivity contribution in [2.45, 2.75) is 13.0 Å². The lowest BCUT2D eigenvalue weighted by molar-refractivity contribution is -0.0191. The minimum atomic E-state index is 0.166. The van der Waals surface area contributed by atoms with Gasteiger partial charge in [0, 0.05) is 19.6 Å². The van der Waals surface area contributed by atoms with E-state index >= 15 is 0 Å². The van der Waals surface area contributed by atoms with E-state index in [0.717, 1.165) is 31.9 Å². The van der Waals surface area contributed by atoms with Gasteiger partial charge in [-0.05, 0) is 24.7 Å². The van der Waals surface area contributed by atoms with Crippen molar-refractivity contribution in [2.75, 3.05) is 43.8 Å². The van der Waals surface area contributed by atoms with E-state index in [4.69, 9.17) is 15.7 Å². The highest BCUT2D eigenvalue weighted by Gasteiger charge is 2.19. The summed E-state index contributed by atoms with van der Waals surface area (Å²) in [6.45, 7) is 6.61. The molecule has 0 amide bonds. The number of nitrogen functional groups attached to an aromatic ring is 1. The molecule has 2 rings (SSSR count). The Kier molecular flexibility index (Phi) is 4.61. The molecule has 3 N–H and O–H groups in total. The number of anilines is 2. The molecule has 1 heterocycles. The normalized spacial score (nSPS) is 19.9. The molecule has 1 saturated heterocycles. The molecule has 0 aliphatic carbocycles. The minimum absolute atomic E-state index is 0.166. The van der Waals surface area contributed by atoms with Gasteiger partial charge in [-0.2, -0.15) is 5.26 Å². The lowest BCUT2D eigenvalue weighted by Crippen LogP contribution is -2.45. The summed E-state index contributed by atoms with van der Waals surface area (Å²) in [6, 6.07) is 7.36. The first-order valence-electron chi connectivity index (χ1n) is 6.60. The molecule has 19 heavy (non-hydrogen) atoms. The maximum atomic E-state index is 8.89. The van der Waals surface area contributed by atoms with Crippen molar-refractivity contribution in [1.82, 2.24) is 4.90 Å². The number of benzene rings is 1. The first-order chi connectivity index (χ1) is 9.22. The van der Waals surface area contributed by atoms with E-state index in [1.807, 2.05) is 0 Å². The Morgan fingerprint density at radius 1 is 1.58 bits per heavy atom. The number of likely N-dealkylation sites (N-methyl/N-ethyl adjacent to an activating group) is 1. The van der Waals surface area contributed by atoms with Crippen LogP contribution in [0.3, 0.4) is 0 Å². The van der Waals surface area contributed by atoms with Gasteiger partial charge in [0.1, 0.15) is 0 Å². The summed E-state index contributed by atoms with van der Waals surface area (Å²) in [7, 11) is 0. The molecule has 0 aromatic heterocycles. The van der Waals surface area contributed by atoms with E-state index in [9.17, 15) is 0 Å². The van der Waals surface area contributed by atoms with Crippen molar-refractivity contribution in [3.05, 3.63) is 23.8 Å². The van der Waals surface area contributed by atoms with Gasteiger partial charge >= 0.3 is 0 Å². The number of nitriles is 1. The van der Waals surface area contributed by atoms with Crippen molar-refractivity contribution in [2.24, 2.45) is 0 Å². The fraction of sp³-hybridized carbons (Fsp3) is 0.500. The highest BCUT2D eigenvalue weighted by Crippen LogP contribution is 2.20. The van der Waals surface area contributed by atoms with Crippen LogP contribution < -0.4 is 11.1 Å². The molecule has 1 aliphatic rings. The summed E-state index contributed by atoms with van der Waals surface area (Å²) in [4.78, 5) is 2.37. The molecular weight excluding hydrogens is 240 g/mol. The Balaban J connectivity index is 1.93. The molecule has 1 aromatic rings. The van der Waals surface area contributed by atoms with E-state index in [2.05, 4.69) is 23.2 Å². The predicted molar refractivity (Wildman–Crippen MR) is 75.9 cm³/mol. The quantitative estimate of drug-likeness (QED) is 0.798. The average Bonchev–Trinajstić information content (AvgIpc) is 2.46. The Labute approximate surface area is 114 Å². The van der Waals surface area contributed by atoms with Crippen LogP contribution in [0.2, 0.25) is 0 Å². The van der Waals surface area contributed by atoms with Crippen LogP contribution in [0.5, 0.6) is 0 Å². The van der Waals surface area contributed by atoms with Gasteiger partial charge in [0.15, 0.2) is 0 Å². The van der Waals surface area contributed by atoms with Crippen LogP contribution in [0.4, 0.5) is 11.4 Å². The van der Waals surface area contributed by atoms with Crippen LogP contribution in [0.15, 0.2) is 18.2 Å². The Morgan fingerprint density at radius 3 is 3.16 bits per heavy atom. The highest BCUT2D eigenvalue weighted by atomic mass is 16.5. The first-order valence-corrected chi connectivity index (χ1v) is 6.60. The van der Waals surface area contributed by atoms with Gasteiger partial charge in [-0.15, -0.1) is 0 Å². The summed E-state index contributed by atoms with van der Waals surface area (Å²) < 4.78 is 5.72. The maximum absolute atomic E-state index is 8.89. The average molecular weight is 260 g/mol. The number of morpholine rings is 1. The molecule has 1 atom stereocenters. The molecule has 1 unspecified atom stereocenters. The number of ether oxygens (including phenoxy) is 1. The second-order valence-electron chi connectivity index (χ2n) is 4.68. The van der Waals surface area contributed by atoms with Crippen LogP contribution in [0.1, 0.15) is 12.5 Å². The van der Waals surface area contributed by atoms with Crippen LogP contribution in [-0.2, 0) is 4.74 Å². The largest absolute Gasteiger partial charge is 0.397 e. The van der Waals surface area contributed by atoms with Crippen molar-refractivity contribution >= 4 is 11.4 Å². The molecule has 1 fully saturated rings. The van der Waals surface area contributed by atoms with Crippen molar-refractivity contribution in [1.29, 1.82) is 5.26 Å². The third kappa shape index (κ3) is 3.60. The fourth-order valence-electron chi connectivity index (χ4n) is 2.19. The van der Waals surface area contributed by atoms with E-state index in [1.54, 1.807) is 18.2 Å². The van der Waals surface area contributed by atoms with Crippen LogP contribution in [0.25, 0.3) is 0 Å². The van der Waals surface area contributed by atoms with Crippen molar-refractivity contribution < 1.29 is 4.74 Å². The number of nitrogens with one attached hydrogen (secondary N) is 1. The van der Waals surface area contributed by atoms with E-state index in [-0.39, 0.29) is 6.10 Å². The van der Waals surface area contributed by atoms with Gasteiger partial charge in [0.05, 0.1) is 35.7 Å². The molecule has 0 radical (unpaired) electrons. The summed E-state index contributed by atoms with van der Waals surface area (Å²) in [5, 5.41) is 12.2. The maximum Gasteiger partial charge on any atom is 0.0992 e. The molecule has 0 saturated carbocycles. The standard InChI is InChI=1S/C14H20N4O/c1-2-18-5-6-19-12(10-18)9-17-14-7-11(8-15)3-4-13(14)16/h3-4,7,12,17H,2,5-6,9-10,16H2,1H3. The zero-order valence-electron chi connectivity index (χ0n) is 11.2. The van der Waals surface area contributed by atoms with Crippen molar-refractivity contribution in [3.8, 4) is 6.07 Å². The van der Waals surface area contributed by atoms with E-state index in [1.165, 1.54) is 0 Å².